The topological polar surface area (TPSA) is 74.7 Å². The predicted molar refractivity (Wildman–Crippen MR) is 92.9 cm³/mol. The first-order chi connectivity index (χ1) is 11.6. The Labute approximate surface area is 144 Å². The largest absolute Gasteiger partial charge is 0.295 e. The van der Waals surface area contributed by atoms with E-state index in [1.165, 1.54) is 5.01 Å². The Bertz CT molecular complexity index is 880. The van der Waals surface area contributed by atoms with Gasteiger partial charge in [0, 0.05) is 30.0 Å². The smallest absolute Gasteiger partial charge is 0.117 e. The lowest BCUT2D eigenvalue weighted by molar-refractivity contribution is 0.302. The lowest BCUT2D eigenvalue weighted by Crippen LogP contribution is -2.33. The fourth-order valence-corrected chi connectivity index (χ4v) is 2.93. The number of hydrogen-bond acceptors (Lipinski definition) is 6. The van der Waals surface area contributed by atoms with Gasteiger partial charge in [-0.15, -0.1) is 0 Å². The Hall–Kier alpha value is -2.77. The standard InChI is InChI=1S/C16H16ClN7/c1-22-7-12(6-20-22)15-16-14(9-23(18)10-19-16)24(21-15)8-11-4-2-3-5-13(11)17/h2-7,9-10,21H,8,18H2,1H3. The van der Waals surface area contributed by atoms with Gasteiger partial charge in [0.15, 0.2) is 0 Å². The summed E-state index contributed by atoms with van der Waals surface area (Å²) in [6.45, 7) is 0.585. The lowest BCUT2D eigenvalue weighted by atomic mass is 10.2. The summed E-state index contributed by atoms with van der Waals surface area (Å²) >= 11 is 6.30. The zero-order valence-corrected chi connectivity index (χ0v) is 13.8. The molecule has 0 aliphatic carbocycles. The van der Waals surface area contributed by atoms with E-state index in [2.05, 4.69) is 15.5 Å². The van der Waals surface area contributed by atoms with E-state index in [1.807, 2.05) is 48.7 Å². The molecule has 0 fully saturated rings. The quantitative estimate of drug-likeness (QED) is 0.833. The van der Waals surface area contributed by atoms with E-state index in [0.717, 1.165) is 33.2 Å². The second-order valence-corrected chi connectivity index (χ2v) is 6.03. The van der Waals surface area contributed by atoms with Gasteiger partial charge in [0.1, 0.15) is 17.7 Å². The number of halogens is 1. The summed E-state index contributed by atoms with van der Waals surface area (Å²) in [7, 11) is 1.88. The predicted octanol–water partition coefficient (Wildman–Crippen LogP) is 1.82. The molecule has 0 radical (unpaired) electrons. The molecule has 7 nitrogen and oxygen atoms in total. The van der Waals surface area contributed by atoms with E-state index >= 15 is 0 Å². The van der Waals surface area contributed by atoms with Gasteiger partial charge in [-0.2, -0.15) is 5.10 Å². The molecule has 0 saturated carbocycles. The van der Waals surface area contributed by atoms with Crippen LogP contribution in [0.25, 0.3) is 5.70 Å². The number of nitrogens with two attached hydrogens (primary N) is 1. The van der Waals surface area contributed by atoms with Gasteiger partial charge in [-0.3, -0.25) is 20.1 Å². The Kier molecular flexibility index (Phi) is 3.51. The summed E-state index contributed by atoms with van der Waals surface area (Å²) in [4.78, 5) is 4.47. The molecule has 0 spiro atoms. The molecule has 0 unspecified atom stereocenters. The third-order valence-electron chi connectivity index (χ3n) is 3.89. The number of hydrazine groups is 2. The monoisotopic (exact) mass is 341 g/mol. The van der Waals surface area contributed by atoms with Crippen LogP contribution in [-0.4, -0.2) is 26.1 Å². The van der Waals surface area contributed by atoms with Crippen LogP contribution in [0, 0.1) is 0 Å². The second kappa shape index (κ2) is 5.70. The Morgan fingerprint density at radius 3 is 2.88 bits per heavy atom. The number of fused-ring (bicyclic) bond motifs is 1. The maximum Gasteiger partial charge on any atom is 0.117 e. The van der Waals surface area contributed by atoms with Crippen LogP contribution in [0.15, 0.2) is 59.2 Å². The molecule has 1 aromatic heterocycles. The molecule has 8 heteroatoms. The number of hydrogen-bond donors (Lipinski definition) is 2. The van der Waals surface area contributed by atoms with Crippen molar-refractivity contribution in [1.29, 1.82) is 0 Å². The SMILES string of the molecule is Cn1cc(C2=C3N=CN(N)C=C3N(Cc3ccccc3Cl)N2)cn1. The van der Waals surface area contributed by atoms with E-state index in [1.54, 1.807) is 17.2 Å². The van der Waals surface area contributed by atoms with Gasteiger partial charge in [-0.05, 0) is 11.6 Å². The first-order valence-electron chi connectivity index (χ1n) is 7.42. The van der Waals surface area contributed by atoms with Gasteiger partial charge in [0.2, 0.25) is 0 Å². The van der Waals surface area contributed by atoms with E-state index in [-0.39, 0.29) is 0 Å². The van der Waals surface area contributed by atoms with Crippen LogP contribution >= 0.6 is 11.6 Å². The molecule has 24 heavy (non-hydrogen) atoms. The molecular weight excluding hydrogens is 326 g/mol. The maximum atomic E-state index is 6.30. The Morgan fingerprint density at radius 1 is 1.29 bits per heavy atom. The van der Waals surface area contributed by atoms with Gasteiger partial charge >= 0.3 is 0 Å². The normalized spacial score (nSPS) is 16.4. The van der Waals surface area contributed by atoms with Crippen LogP contribution < -0.4 is 11.3 Å². The molecule has 3 heterocycles. The van der Waals surface area contributed by atoms with Crippen LogP contribution in [0.2, 0.25) is 5.02 Å². The molecule has 0 saturated heterocycles. The van der Waals surface area contributed by atoms with Crippen LogP contribution in [0.3, 0.4) is 0 Å². The fraction of sp³-hybridized carbons (Fsp3) is 0.125. The summed E-state index contributed by atoms with van der Waals surface area (Å²) in [5, 5.41) is 8.37. The summed E-state index contributed by atoms with van der Waals surface area (Å²) in [5.74, 6) is 5.85. The molecule has 2 aliphatic heterocycles. The second-order valence-electron chi connectivity index (χ2n) is 5.62. The molecule has 1 aromatic carbocycles. The van der Waals surface area contributed by atoms with E-state index in [4.69, 9.17) is 17.4 Å². The lowest BCUT2D eigenvalue weighted by Gasteiger charge is -2.24. The van der Waals surface area contributed by atoms with Crippen molar-refractivity contribution in [3.8, 4) is 0 Å². The van der Waals surface area contributed by atoms with E-state index in [0.29, 0.717) is 6.54 Å². The van der Waals surface area contributed by atoms with Crippen LogP contribution in [0.4, 0.5) is 0 Å². The van der Waals surface area contributed by atoms with Gasteiger partial charge < -0.3 is 0 Å². The van der Waals surface area contributed by atoms with Crippen molar-refractivity contribution in [2.75, 3.05) is 0 Å². The van der Waals surface area contributed by atoms with Crippen molar-refractivity contribution < 1.29 is 0 Å². The number of aromatic nitrogens is 2. The summed E-state index contributed by atoms with van der Waals surface area (Å²) in [6, 6.07) is 7.76. The highest BCUT2D eigenvalue weighted by Crippen LogP contribution is 2.34. The average molecular weight is 342 g/mol. The number of benzene rings is 1. The van der Waals surface area contributed by atoms with Crippen molar-refractivity contribution in [2.45, 2.75) is 6.54 Å². The molecule has 0 bridgehead atoms. The summed E-state index contributed by atoms with van der Waals surface area (Å²) < 4.78 is 1.76. The van der Waals surface area contributed by atoms with Gasteiger partial charge in [0.25, 0.3) is 0 Å². The van der Waals surface area contributed by atoms with Crippen LogP contribution in [0.5, 0.6) is 0 Å². The molecular formula is C16H16ClN7. The zero-order chi connectivity index (χ0) is 16.7. The number of nitrogens with one attached hydrogen (secondary N) is 1. The van der Waals surface area contributed by atoms with Crippen molar-refractivity contribution in [3.63, 3.8) is 0 Å². The summed E-state index contributed by atoms with van der Waals surface area (Å²) in [5.41, 5.74) is 7.98. The molecule has 3 N–H and O–H groups in total. The molecule has 2 aliphatic rings. The first-order valence-corrected chi connectivity index (χ1v) is 7.80. The molecule has 2 aromatic rings. The highest BCUT2D eigenvalue weighted by molar-refractivity contribution is 6.31. The minimum Gasteiger partial charge on any atom is -0.295 e. The van der Waals surface area contributed by atoms with Crippen molar-refractivity contribution in [3.05, 3.63) is 70.4 Å². The number of aryl methyl sites for hydroxylation is 1. The average Bonchev–Trinajstić information content (AvgIpc) is 3.13. The number of nitrogens with zero attached hydrogens (tertiary/aromatic N) is 5. The highest BCUT2D eigenvalue weighted by Gasteiger charge is 2.30. The Balaban J connectivity index is 1.70. The molecule has 0 atom stereocenters. The van der Waals surface area contributed by atoms with Gasteiger partial charge in [-0.1, -0.05) is 29.8 Å². The molecule has 0 amide bonds. The summed E-state index contributed by atoms with van der Waals surface area (Å²) in [6.07, 6.45) is 7.15. The number of aliphatic imine (C=N–C) groups is 1. The van der Waals surface area contributed by atoms with Crippen molar-refractivity contribution in [2.24, 2.45) is 17.9 Å². The highest BCUT2D eigenvalue weighted by atomic mass is 35.5. The maximum absolute atomic E-state index is 6.30. The molecule has 122 valence electrons. The zero-order valence-electron chi connectivity index (χ0n) is 13.0. The Morgan fingerprint density at radius 2 is 2.12 bits per heavy atom. The van der Waals surface area contributed by atoms with Crippen molar-refractivity contribution >= 4 is 23.6 Å². The fourth-order valence-electron chi connectivity index (χ4n) is 2.74. The minimum absolute atomic E-state index is 0.585. The minimum atomic E-state index is 0.585. The van der Waals surface area contributed by atoms with Crippen LogP contribution in [-0.2, 0) is 13.6 Å². The van der Waals surface area contributed by atoms with E-state index in [9.17, 15) is 0 Å². The van der Waals surface area contributed by atoms with E-state index < -0.39 is 0 Å². The first kappa shape index (κ1) is 14.8. The number of rotatable bonds is 3. The van der Waals surface area contributed by atoms with Gasteiger partial charge in [-0.25, -0.2) is 10.8 Å². The third kappa shape index (κ3) is 2.53. The van der Waals surface area contributed by atoms with Crippen LogP contribution in [0.1, 0.15) is 11.1 Å². The third-order valence-corrected chi connectivity index (χ3v) is 4.26. The van der Waals surface area contributed by atoms with Crippen molar-refractivity contribution in [1.82, 2.24) is 25.2 Å². The van der Waals surface area contributed by atoms with Gasteiger partial charge in [0.05, 0.1) is 18.4 Å². The molecule has 4 rings (SSSR count).